The van der Waals surface area contributed by atoms with Crippen LogP contribution >= 0.6 is 0 Å². The molecule has 11 heteroatoms. The number of alkyl halides is 5. The molecule has 5 nitrogen and oxygen atoms in total. The number of imidazole rings is 1. The van der Waals surface area contributed by atoms with Crippen LogP contribution < -0.4 is 0 Å². The second-order valence-corrected chi connectivity index (χ2v) is 8.28. The van der Waals surface area contributed by atoms with Crippen molar-refractivity contribution < 1.29 is 30.4 Å². The maximum atomic E-state index is 13.6. The molecule has 0 amide bonds. The van der Waals surface area contributed by atoms with E-state index < -0.39 is 27.5 Å². The lowest BCUT2D eigenvalue weighted by atomic mass is 10.1. The number of halogens is 5. The predicted molar refractivity (Wildman–Crippen MR) is 91.6 cm³/mol. The third-order valence-corrected chi connectivity index (χ3v) is 6.06. The molecular formula is C17H14F5N3O2S. The summed E-state index contributed by atoms with van der Waals surface area (Å²) < 4.78 is 91.1. The Balaban J connectivity index is 2.23. The van der Waals surface area contributed by atoms with E-state index >= 15 is 0 Å². The quantitative estimate of drug-likeness (QED) is 0.598. The lowest BCUT2D eigenvalue weighted by Gasteiger charge is -2.19. The Morgan fingerprint density at radius 3 is 2.36 bits per heavy atom. The zero-order valence-electron chi connectivity index (χ0n) is 14.6. The molecule has 28 heavy (non-hydrogen) atoms. The number of fused-ring (bicyclic) bond motifs is 1. The van der Waals surface area contributed by atoms with E-state index in [9.17, 15) is 30.4 Å². The van der Waals surface area contributed by atoms with Crippen molar-refractivity contribution in [1.82, 2.24) is 14.5 Å². The number of hydrogen-bond donors (Lipinski definition) is 0. The Labute approximate surface area is 156 Å². The number of hydrogen-bond acceptors (Lipinski definition) is 4. The molecule has 2 heterocycles. The Hall–Kier alpha value is -2.56. The van der Waals surface area contributed by atoms with E-state index in [2.05, 4.69) is 9.97 Å². The molecule has 0 bridgehead atoms. The lowest BCUT2D eigenvalue weighted by Crippen LogP contribution is -2.33. The molecule has 0 N–H and O–H groups in total. The maximum Gasteiger partial charge on any atom is 0.458 e. The average molecular weight is 419 g/mol. The van der Waals surface area contributed by atoms with E-state index in [-0.39, 0.29) is 33.2 Å². The molecule has 0 aliphatic rings. The molecule has 0 fully saturated rings. The van der Waals surface area contributed by atoms with Crippen LogP contribution in [0.2, 0.25) is 0 Å². The monoisotopic (exact) mass is 419 g/mol. The standard InChI is InChI=1S/C17H14F5N3O2S/c1-3-28(26,27)13-7-5-4-6-11(13)14-24-12-8-10(9-23-15(12)25(14)2)16(18,19)17(20,21)22/h4-9H,3H2,1-2H3. The van der Waals surface area contributed by atoms with Crippen LogP contribution in [0.25, 0.3) is 22.6 Å². The molecule has 1 aromatic carbocycles. The minimum atomic E-state index is -5.78. The van der Waals surface area contributed by atoms with Gasteiger partial charge in [0.1, 0.15) is 11.3 Å². The Bertz CT molecular complexity index is 1150. The summed E-state index contributed by atoms with van der Waals surface area (Å²) in [6.07, 6.45) is -5.34. The van der Waals surface area contributed by atoms with Crippen molar-refractivity contribution in [2.24, 2.45) is 7.05 Å². The minimum absolute atomic E-state index is 0.0169. The fourth-order valence-corrected chi connectivity index (χ4v) is 3.82. The topological polar surface area (TPSA) is 64.8 Å². The first-order valence-electron chi connectivity index (χ1n) is 7.99. The first-order valence-corrected chi connectivity index (χ1v) is 9.65. The van der Waals surface area contributed by atoms with Crippen LogP contribution in [0.5, 0.6) is 0 Å². The van der Waals surface area contributed by atoms with Crippen LogP contribution in [0.3, 0.4) is 0 Å². The van der Waals surface area contributed by atoms with Crippen LogP contribution in [0.1, 0.15) is 12.5 Å². The number of benzene rings is 1. The Kier molecular flexibility index (Phi) is 4.69. The van der Waals surface area contributed by atoms with Gasteiger partial charge >= 0.3 is 12.1 Å². The summed E-state index contributed by atoms with van der Waals surface area (Å²) in [6, 6.07) is 6.56. The molecule has 3 rings (SSSR count). The molecule has 0 radical (unpaired) electrons. The van der Waals surface area contributed by atoms with Crippen molar-refractivity contribution >= 4 is 21.0 Å². The number of nitrogens with zero attached hydrogens (tertiary/aromatic N) is 3. The third kappa shape index (κ3) is 3.13. The van der Waals surface area contributed by atoms with E-state index in [0.717, 1.165) is 0 Å². The molecular weight excluding hydrogens is 405 g/mol. The second kappa shape index (κ2) is 6.50. The number of pyridine rings is 1. The molecule has 0 aliphatic carbocycles. The van der Waals surface area contributed by atoms with Gasteiger partial charge in [-0.05, 0) is 18.2 Å². The summed E-state index contributed by atoms with van der Waals surface area (Å²) in [5, 5.41) is 0. The fraction of sp³-hybridized carbons (Fsp3) is 0.294. The number of rotatable bonds is 4. The van der Waals surface area contributed by atoms with Crippen LogP contribution in [0.4, 0.5) is 22.0 Å². The van der Waals surface area contributed by atoms with Gasteiger partial charge < -0.3 is 4.57 Å². The van der Waals surface area contributed by atoms with E-state index in [0.29, 0.717) is 12.3 Å². The largest absolute Gasteiger partial charge is 0.458 e. The van der Waals surface area contributed by atoms with Crippen LogP contribution in [-0.4, -0.2) is 34.9 Å². The van der Waals surface area contributed by atoms with Gasteiger partial charge in [-0.1, -0.05) is 19.1 Å². The highest BCUT2D eigenvalue weighted by Gasteiger charge is 2.59. The first kappa shape index (κ1) is 20.2. The average Bonchev–Trinajstić information content (AvgIpc) is 2.97. The third-order valence-electron chi connectivity index (χ3n) is 4.27. The molecule has 0 unspecified atom stereocenters. The van der Waals surface area contributed by atoms with Gasteiger partial charge in [-0.3, -0.25) is 0 Å². The van der Waals surface area contributed by atoms with Crippen molar-refractivity contribution in [2.75, 3.05) is 5.75 Å². The van der Waals surface area contributed by atoms with E-state index in [1.807, 2.05) is 0 Å². The highest BCUT2D eigenvalue weighted by molar-refractivity contribution is 7.91. The first-order chi connectivity index (χ1) is 12.9. The minimum Gasteiger partial charge on any atom is -0.312 e. The second-order valence-electron chi connectivity index (χ2n) is 6.03. The van der Waals surface area contributed by atoms with E-state index in [4.69, 9.17) is 0 Å². The summed E-state index contributed by atoms with van der Waals surface area (Å²) in [5.74, 6) is -5.17. The zero-order chi connectivity index (χ0) is 20.9. The van der Waals surface area contributed by atoms with Gasteiger partial charge in [-0.25, -0.2) is 18.4 Å². The van der Waals surface area contributed by atoms with Gasteiger partial charge in [0, 0.05) is 18.8 Å². The smallest absolute Gasteiger partial charge is 0.312 e. The molecule has 0 aliphatic heterocycles. The number of sulfone groups is 1. The van der Waals surface area contributed by atoms with E-state index in [1.54, 1.807) is 6.07 Å². The molecule has 150 valence electrons. The fourth-order valence-electron chi connectivity index (χ4n) is 2.73. The van der Waals surface area contributed by atoms with Gasteiger partial charge in [0.2, 0.25) is 0 Å². The SMILES string of the molecule is CCS(=O)(=O)c1ccccc1-c1nc2cc(C(F)(F)C(F)(F)F)cnc2n1C. The molecule has 0 saturated carbocycles. The normalized spacial score (nSPS) is 13.2. The summed E-state index contributed by atoms with van der Waals surface area (Å²) in [5.41, 5.74) is -1.30. The zero-order valence-corrected chi connectivity index (χ0v) is 15.4. The highest BCUT2D eigenvalue weighted by Crippen LogP contribution is 2.44. The number of aromatic nitrogens is 3. The number of aryl methyl sites for hydroxylation is 1. The van der Waals surface area contributed by atoms with Gasteiger partial charge in [0.15, 0.2) is 15.5 Å². The van der Waals surface area contributed by atoms with Gasteiger partial charge in [0.05, 0.1) is 16.2 Å². The van der Waals surface area contributed by atoms with Crippen molar-refractivity contribution in [3.05, 3.63) is 42.1 Å². The Morgan fingerprint density at radius 1 is 1.11 bits per heavy atom. The van der Waals surface area contributed by atoms with Gasteiger partial charge in [0.25, 0.3) is 0 Å². The molecule has 3 aromatic rings. The molecule has 2 aromatic heterocycles. The molecule has 0 atom stereocenters. The predicted octanol–water partition coefficient (Wildman–Crippen LogP) is 4.08. The highest BCUT2D eigenvalue weighted by atomic mass is 32.2. The van der Waals surface area contributed by atoms with E-state index in [1.165, 1.54) is 36.7 Å². The van der Waals surface area contributed by atoms with Crippen molar-refractivity contribution in [3.8, 4) is 11.4 Å². The summed E-state index contributed by atoms with van der Waals surface area (Å²) >= 11 is 0. The molecule has 0 spiro atoms. The maximum absolute atomic E-state index is 13.6. The van der Waals surface area contributed by atoms with Crippen LogP contribution in [-0.2, 0) is 22.8 Å². The summed E-state index contributed by atoms with van der Waals surface area (Å²) in [7, 11) is -2.16. The van der Waals surface area contributed by atoms with Crippen molar-refractivity contribution in [1.29, 1.82) is 0 Å². The van der Waals surface area contributed by atoms with Crippen molar-refractivity contribution in [3.63, 3.8) is 0 Å². The van der Waals surface area contributed by atoms with Crippen LogP contribution in [0, 0.1) is 0 Å². The lowest BCUT2D eigenvalue weighted by molar-refractivity contribution is -0.289. The van der Waals surface area contributed by atoms with Crippen LogP contribution in [0.15, 0.2) is 41.4 Å². The van der Waals surface area contributed by atoms with Gasteiger partial charge in [-0.2, -0.15) is 22.0 Å². The van der Waals surface area contributed by atoms with Gasteiger partial charge in [-0.15, -0.1) is 0 Å². The Morgan fingerprint density at radius 2 is 1.75 bits per heavy atom. The summed E-state index contributed by atoms with van der Waals surface area (Å²) in [6.45, 7) is 1.47. The van der Waals surface area contributed by atoms with Crippen molar-refractivity contribution in [2.45, 2.75) is 23.9 Å². The molecule has 0 saturated heterocycles. The summed E-state index contributed by atoms with van der Waals surface area (Å²) in [4.78, 5) is 7.76.